The molecular formula is C10H21N2+. The molecule has 2 heterocycles. The Balaban J connectivity index is 1.96. The Bertz CT molecular complexity index is 144. The minimum absolute atomic E-state index is 0.966. The SMILES string of the molecule is C[N+]1(C2CCNCC2)CCCC1. The lowest BCUT2D eigenvalue weighted by molar-refractivity contribution is -0.923. The first kappa shape index (κ1) is 8.52. The van der Waals surface area contributed by atoms with E-state index in [0.717, 1.165) is 6.04 Å². The van der Waals surface area contributed by atoms with Gasteiger partial charge in [0.05, 0.1) is 26.2 Å². The Morgan fingerprint density at radius 2 is 1.67 bits per heavy atom. The lowest BCUT2D eigenvalue weighted by Gasteiger charge is -2.40. The van der Waals surface area contributed by atoms with Crippen molar-refractivity contribution >= 4 is 0 Å². The van der Waals surface area contributed by atoms with Crippen LogP contribution in [0, 0.1) is 0 Å². The van der Waals surface area contributed by atoms with Gasteiger partial charge < -0.3 is 9.80 Å². The van der Waals surface area contributed by atoms with Crippen LogP contribution in [0.2, 0.25) is 0 Å². The van der Waals surface area contributed by atoms with Crippen molar-refractivity contribution in [2.75, 3.05) is 33.2 Å². The van der Waals surface area contributed by atoms with Crippen LogP contribution in [0.5, 0.6) is 0 Å². The zero-order valence-corrected chi connectivity index (χ0v) is 8.18. The number of rotatable bonds is 1. The van der Waals surface area contributed by atoms with E-state index in [0.29, 0.717) is 0 Å². The Kier molecular flexibility index (Phi) is 2.37. The van der Waals surface area contributed by atoms with Gasteiger partial charge in [0.25, 0.3) is 0 Å². The van der Waals surface area contributed by atoms with E-state index < -0.39 is 0 Å². The number of hydrogen-bond acceptors (Lipinski definition) is 1. The fourth-order valence-electron chi connectivity index (χ4n) is 2.85. The van der Waals surface area contributed by atoms with Gasteiger partial charge in [0.2, 0.25) is 0 Å². The van der Waals surface area contributed by atoms with E-state index in [9.17, 15) is 0 Å². The molecule has 2 heteroatoms. The van der Waals surface area contributed by atoms with Crippen LogP contribution in [0.15, 0.2) is 0 Å². The fourth-order valence-corrected chi connectivity index (χ4v) is 2.85. The number of nitrogens with zero attached hydrogens (tertiary/aromatic N) is 1. The van der Waals surface area contributed by atoms with E-state index in [-0.39, 0.29) is 0 Å². The number of likely N-dealkylation sites (tertiary alicyclic amines) is 1. The van der Waals surface area contributed by atoms with E-state index in [2.05, 4.69) is 12.4 Å². The third-order valence-electron chi connectivity index (χ3n) is 3.78. The van der Waals surface area contributed by atoms with Gasteiger partial charge in [0, 0.05) is 38.8 Å². The number of piperidine rings is 1. The van der Waals surface area contributed by atoms with Crippen LogP contribution < -0.4 is 5.32 Å². The van der Waals surface area contributed by atoms with Crippen LogP contribution in [0.1, 0.15) is 25.7 Å². The summed E-state index contributed by atoms with van der Waals surface area (Å²) in [6, 6.07) is 0.966. The first-order chi connectivity index (χ1) is 5.81. The molecule has 12 heavy (non-hydrogen) atoms. The van der Waals surface area contributed by atoms with E-state index >= 15 is 0 Å². The zero-order valence-electron chi connectivity index (χ0n) is 8.18. The molecular weight excluding hydrogens is 148 g/mol. The summed E-state index contributed by atoms with van der Waals surface area (Å²) in [4.78, 5) is 0. The van der Waals surface area contributed by atoms with Crippen molar-refractivity contribution in [2.24, 2.45) is 0 Å². The Hall–Kier alpha value is -0.0800. The van der Waals surface area contributed by atoms with Crippen molar-refractivity contribution in [1.29, 1.82) is 0 Å². The fraction of sp³-hybridized carbons (Fsp3) is 1.00. The zero-order chi connectivity index (χ0) is 8.44. The second-order valence-corrected chi connectivity index (χ2v) is 4.61. The molecule has 70 valence electrons. The van der Waals surface area contributed by atoms with Gasteiger partial charge >= 0.3 is 0 Å². The molecule has 2 rings (SSSR count). The van der Waals surface area contributed by atoms with Crippen molar-refractivity contribution in [3.63, 3.8) is 0 Å². The van der Waals surface area contributed by atoms with Gasteiger partial charge in [0.15, 0.2) is 0 Å². The molecule has 0 saturated carbocycles. The molecule has 0 aromatic rings. The van der Waals surface area contributed by atoms with Gasteiger partial charge in [0.1, 0.15) is 0 Å². The van der Waals surface area contributed by atoms with E-state index in [4.69, 9.17) is 0 Å². The largest absolute Gasteiger partial charge is 0.324 e. The van der Waals surface area contributed by atoms with Crippen LogP contribution in [0.4, 0.5) is 0 Å². The van der Waals surface area contributed by atoms with Crippen LogP contribution >= 0.6 is 0 Å². The van der Waals surface area contributed by atoms with Crippen molar-refractivity contribution in [2.45, 2.75) is 31.7 Å². The average Bonchev–Trinajstić information content (AvgIpc) is 2.55. The Morgan fingerprint density at radius 3 is 2.25 bits per heavy atom. The summed E-state index contributed by atoms with van der Waals surface area (Å²) >= 11 is 0. The van der Waals surface area contributed by atoms with E-state index in [1.165, 1.54) is 56.3 Å². The highest BCUT2D eigenvalue weighted by Crippen LogP contribution is 2.25. The summed E-state index contributed by atoms with van der Waals surface area (Å²) in [6.45, 7) is 5.37. The maximum absolute atomic E-state index is 3.45. The predicted octanol–water partition coefficient (Wildman–Crippen LogP) is 0.979. The molecule has 0 radical (unpaired) electrons. The van der Waals surface area contributed by atoms with Crippen LogP contribution in [0.3, 0.4) is 0 Å². The second-order valence-electron chi connectivity index (χ2n) is 4.61. The molecule has 0 bridgehead atoms. The third kappa shape index (κ3) is 1.50. The minimum atomic E-state index is 0.966. The molecule has 1 N–H and O–H groups in total. The molecule has 2 saturated heterocycles. The molecule has 2 aliphatic heterocycles. The quantitative estimate of drug-likeness (QED) is 0.577. The molecule has 0 aliphatic carbocycles. The first-order valence-corrected chi connectivity index (χ1v) is 5.36. The predicted molar refractivity (Wildman–Crippen MR) is 51.0 cm³/mol. The molecule has 0 amide bonds. The van der Waals surface area contributed by atoms with Crippen LogP contribution in [-0.4, -0.2) is 43.8 Å². The van der Waals surface area contributed by atoms with Crippen molar-refractivity contribution in [1.82, 2.24) is 5.32 Å². The number of hydrogen-bond donors (Lipinski definition) is 1. The van der Waals surface area contributed by atoms with E-state index in [1.54, 1.807) is 0 Å². The maximum atomic E-state index is 3.45. The average molecular weight is 169 g/mol. The van der Waals surface area contributed by atoms with Gasteiger partial charge in [-0.05, 0) is 0 Å². The number of quaternary nitrogens is 1. The van der Waals surface area contributed by atoms with Gasteiger partial charge in [-0.2, -0.15) is 0 Å². The minimum Gasteiger partial charge on any atom is -0.324 e. The summed E-state index contributed by atoms with van der Waals surface area (Å²) in [5, 5.41) is 3.45. The maximum Gasteiger partial charge on any atom is 0.0912 e. The van der Waals surface area contributed by atoms with Gasteiger partial charge in [-0.1, -0.05) is 0 Å². The molecule has 0 spiro atoms. The molecule has 0 aromatic heterocycles. The first-order valence-electron chi connectivity index (χ1n) is 5.36. The van der Waals surface area contributed by atoms with Crippen molar-refractivity contribution in [3.8, 4) is 0 Å². The number of nitrogens with one attached hydrogen (secondary N) is 1. The van der Waals surface area contributed by atoms with Gasteiger partial charge in [-0.25, -0.2) is 0 Å². The Morgan fingerprint density at radius 1 is 1.08 bits per heavy atom. The summed E-state index contributed by atoms with van der Waals surface area (Å²) < 4.78 is 1.38. The molecule has 0 atom stereocenters. The monoisotopic (exact) mass is 169 g/mol. The molecule has 0 unspecified atom stereocenters. The molecule has 2 fully saturated rings. The summed E-state index contributed by atoms with van der Waals surface area (Å²) in [7, 11) is 2.46. The van der Waals surface area contributed by atoms with Crippen molar-refractivity contribution in [3.05, 3.63) is 0 Å². The van der Waals surface area contributed by atoms with Gasteiger partial charge in [-0.3, -0.25) is 0 Å². The summed E-state index contributed by atoms with van der Waals surface area (Å²) in [5.41, 5.74) is 0. The lowest BCUT2D eigenvalue weighted by Crippen LogP contribution is -2.53. The normalized spacial score (nSPS) is 30.8. The molecule has 2 nitrogen and oxygen atoms in total. The highest BCUT2D eigenvalue weighted by atomic mass is 15.4. The molecule has 2 aliphatic rings. The highest BCUT2D eigenvalue weighted by Gasteiger charge is 2.35. The summed E-state index contributed by atoms with van der Waals surface area (Å²) in [5.74, 6) is 0. The van der Waals surface area contributed by atoms with Crippen LogP contribution in [0.25, 0.3) is 0 Å². The van der Waals surface area contributed by atoms with E-state index in [1.807, 2.05) is 0 Å². The topological polar surface area (TPSA) is 12.0 Å². The second kappa shape index (κ2) is 3.35. The van der Waals surface area contributed by atoms with Crippen molar-refractivity contribution < 1.29 is 4.48 Å². The molecule has 0 aromatic carbocycles. The lowest BCUT2D eigenvalue weighted by atomic mass is 10.0. The van der Waals surface area contributed by atoms with Gasteiger partial charge in [-0.15, -0.1) is 0 Å². The standard InChI is InChI=1S/C10H21N2/c1-12(8-2-3-9-12)10-4-6-11-7-5-10/h10-11H,2-9H2,1H3/q+1. The Labute approximate surface area is 75.5 Å². The summed E-state index contributed by atoms with van der Waals surface area (Å²) in [6.07, 6.45) is 5.72. The third-order valence-corrected chi connectivity index (χ3v) is 3.78. The smallest absolute Gasteiger partial charge is 0.0912 e. The highest BCUT2D eigenvalue weighted by molar-refractivity contribution is 4.71. The van der Waals surface area contributed by atoms with Crippen LogP contribution in [-0.2, 0) is 0 Å².